The Morgan fingerprint density at radius 1 is 1.27 bits per heavy atom. The third-order valence-corrected chi connectivity index (χ3v) is 3.97. The lowest BCUT2D eigenvalue weighted by Gasteiger charge is -2.21. The average molecular weight is 478 g/mol. The normalized spacial score (nSPS) is 15.2. The van der Waals surface area contributed by atoms with Gasteiger partial charge in [0.15, 0.2) is 5.96 Å². The van der Waals surface area contributed by atoms with Crippen LogP contribution in [0.2, 0.25) is 0 Å². The second-order valence-electron chi connectivity index (χ2n) is 5.95. The van der Waals surface area contributed by atoms with Crippen molar-refractivity contribution in [2.24, 2.45) is 10.9 Å². The Kier molecular flexibility index (Phi) is 13.2. The first kappa shape index (κ1) is 22.9. The lowest BCUT2D eigenvalue weighted by molar-refractivity contribution is 0.0203. The zero-order valence-electron chi connectivity index (χ0n) is 15.5. The predicted octanol–water partition coefficient (Wildman–Crippen LogP) is 2.08. The Bertz CT molecular complexity index is 485. The molecule has 0 aliphatic carbocycles. The van der Waals surface area contributed by atoms with Gasteiger partial charge in [0, 0.05) is 46.2 Å². The first-order valence-electron chi connectivity index (χ1n) is 9.01. The van der Waals surface area contributed by atoms with E-state index in [9.17, 15) is 0 Å². The topological polar surface area (TPSA) is 77.0 Å². The maximum Gasteiger partial charge on any atom is 0.191 e. The Morgan fingerprint density at radius 2 is 2.08 bits per heavy atom. The van der Waals surface area contributed by atoms with Crippen LogP contribution in [0.4, 0.5) is 0 Å². The maximum absolute atomic E-state index is 5.75. The summed E-state index contributed by atoms with van der Waals surface area (Å²) < 4.78 is 16.7. The summed E-state index contributed by atoms with van der Waals surface area (Å²) in [6, 6.07) is 3.74. The zero-order chi connectivity index (χ0) is 17.6. The molecule has 1 aliphatic heterocycles. The first-order valence-corrected chi connectivity index (χ1v) is 9.01. The van der Waals surface area contributed by atoms with Gasteiger partial charge in [0.05, 0.1) is 12.7 Å². The molecule has 26 heavy (non-hydrogen) atoms. The van der Waals surface area contributed by atoms with E-state index in [-0.39, 0.29) is 24.0 Å². The molecule has 1 fully saturated rings. The second-order valence-corrected chi connectivity index (χ2v) is 5.95. The van der Waals surface area contributed by atoms with Crippen molar-refractivity contribution < 1.29 is 14.2 Å². The van der Waals surface area contributed by atoms with Gasteiger partial charge in [0.25, 0.3) is 0 Å². The number of halogens is 1. The molecule has 7 nitrogen and oxygen atoms in total. The summed E-state index contributed by atoms with van der Waals surface area (Å²) in [6.07, 6.45) is 6.62. The summed E-state index contributed by atoms with van der Waals surface area (Å²) >= 11 is 0. The molecule has 1 aromatic heterocycles. The molecule has 2 N–H and O–H groups in total. The van der Waals surface area contributed by atoms with Gasteiger partial charge in [-0.15, -0.1) is 24.0 Å². The SMILES string of the molecule is CN=C(NCCCOCC1CCOCC1)NCCOc1cccnc1.I. The van der Waals surface area contributed by atoms with Crippen LogP contribution >= 0.6 is 24.0 Å². The number of aromatic nitrogens is 1. The van der Waals surface area contributed by atoms with Gasteiger partial charge in [-0.1, -0.05) is 0 Å². The number of hydrogen-bond donors (Lipinski definition) is 2. The molecule has 0 atom stereocenters. The van der Waals surface area contributed by atoms with Gasteiger partial charge in [-0.3, -0.25) is 9.98 Å². The third-order valence-electron chi connectivity index (χ3n) is 3.97. The highest BCUT2D eigenvalue weighted by Gasteiger charge is 2.13. The first-order chi connectivity index (χ1) is 12.4. The van der Waals surface area contributed by atoms with E-state index in [0.717, 1.165) is 63.9 Å². The van der Waals surface area contributed by atoms with Crippen LogP contribution in [0, 0.1) is 5.92 Å². The van der Waals surface area contributed by atoms with Crippen molar-refractivity contribution in [2.45, 2.75) is 19.3 Å². The number of ether oxygens (including phenoxy) is 3. The molecule has 1 aliphatic rings. The van der Waals surface area contributed by atoms with Crippen LogP contribution in [0.1, 0.15) is 19.3 Å². The van der Waals surface area contributed by atoms with E-state index in [1.807, 2.05) is 12.1 Å². The van der Waals surface area contributed by atoms with Crippen LogP contribution in [-0.4, -0.2) is 64.1 Å². The zero-order valence-corrected chi connectivity index (χ0v) is 17.8. The fourth-order valence-corrected chi connectivity index (χ4v) is 2.54. The smallest absolute Gasteiger partial charge is 0.191 e. The van der Waals surface area contributed by atoms with Crippen LogP contribution in [0.5, 0.6) is 5.75 Å². The molecule has 0 aromatic carbocycles. The molecular formula is C18H31IN4O3. The highest BCUT2D eigenvalue weighted by Crippen LogP contribution is 2.14. The van der Waals surface area contributed by atoms with Gasteiger partial charge in [-0.25, -0.2) is 0 Å². The van der Waals surface area contributed by atoms with Crippen molar-refractivity contribution >= 4 is 29.9 Å². The quantitative estimate of drug-likeness (QED) is 0.232. The van der Waals surface area contributed by atoms with Gasteiger partial charge in [-0.2, -0.15) is 0 Å². The molecule has 0 unspecified atom stereocenters. The molecule has 0 saturated carbocycles. The Labute approximate surface area is 173 Å². The van der Waals surface area contributed by atoms with E-state index in [1.165, 1.54) is 0 Å². The molecule has 2 rings (SSSR count). The van der Waals surface area contributed by atoms with Crippen molar-refractivity contribution in [3.8, 4) is 5.75 Å². The fourth-order valence-electron chi connectivity index (χ4n) is 2.54. The minimum atomic E-state index is 0. The van der Waals surface area contributed by atoms with E-state index in [4.69, 9.17) is 14.2 Å². The van der Waals surface area contributed by atoms with E-state index in [0.29, 0.717) is 19.1 Å². The van der Waals surface area contributed by atoms with E-state index in [2.05, 4.69) is 20.6 Å². The van der Waals surface area contributed by atoms with Crippen molar-refractivity contribution in [1.82, 2.24) is 15.6 Å². The molecule has 0 bridgehead atoms. The Balaban J connectivity index is 0.00000338. The number of hydrogen-bond acceptors (Lipinski definition) is 5. The molecule has 148 valence electrons. The Hall–Kier alpha value is -1.13. The predicted molar refractivity (Wildman–Crippen MR) is 113 cm³/mol. The summed E-state index contributed by atoms with van der Waals surface area (Å²) in [7, 11) is 1.76. The van der Waals surface area contributed by atoms with Crippen LogP contribution in [0.25, 0.3) is 0 Å². The largest absolute Gasteiger partial charge is 0.490 e. The van der Waals surface area contributed by atoms with Gasteiger partial charge in [0.1, 0.15) is 12.4 Å². The van der Waals surface area contributed by atoms with E-state index in [1.54, 1.807) is 19.4 Å². The summed E-state index contributed by atoms with van der Waals surface area (Å²) in [4.78, 5) is 8.21. The maximum atomic E-state index is 5.75. The van der Waals surface area contributed by atoms with Crippen LogP contribution in [-0.2, 0) is 9.47 Å². The number of rotatable bonds is 10. The number of aliphatic imine (C=N–C) groups is 1. The number of nitrogens with one attached hydrogen (secondary N) is 2. The lowest BCUT2D eigenvalue weighted by Crippen LogP contribution is -2.39. The van der Waals surface area contributed by atoms with Crippen LogP contribution in [0.3, 0.4) is 0 Å². The molecular weight excluding hydrogens is 447 g/mol. The van der Waals surface area contributed by atoms with Crippen LogP contribution < -0.4 is 15.4 Å². The standard InChI is InChI=1S/C18H30N4O3.HI/c1-19-18(22-9-13-25-17-4-2-7-20-14-17)21-8-3-10-24-15-16-5-11-23-12-6-16;/h2,4,7,14,16H,3,5-6,8-13,15H2,1H3,(H2,19,21,22);1H. The van der Waals surface area contributed by atoms with Gasteiger partial charge >= 0.3 is 0 Å². The molecule has 8 heteroatoms. The molecule has 1 aromatic rings. The minimum absolute atomic E-state index is 0. The van der Waals surface area contributed by atoms with E-state index < -0.39 is 0 Å². The van der Waals surface area contributed by atoms with Crippen molar-refractivity contribution in [3.63, 3.8) is 0 Å². The lowest BCUT2D eigenvalue weighted by atomic mass is 10.0. The highest BCUT2D eigenvalue weighted by atomic mass is 127. The summed E-state index contributed by atoms with van der Waals surface area (Å²) in [5.74, 6) is 2.21. The van der Waals surface area contributed by atoms with Gasteiger partial charge in [0.2, 0.25) is 0 Å². The monoisotopic (exact) mass is 478 g/mol. The van der Waals surface area contributed by atoms with Crippen molar-refractivity contribution in [2.75, 3.05) is 53.2 Å². The second kappa shape index (κ2) is 15.0. The Morgan fingerprint density at radius 3 is 2.81 bits per heavy atom. The number of pyridine rings is 1. The average Bonchev–Trinajstić information content (AvgIpc) is 2.67. The fraction of sp³-hybridized carbons (Fsp3) is 0.667. The molecule has 0 spiro atoms. The van der Waals surface area contributed by atoms with Crippen molar-refractivity contribution in [1.29, 1.82) is 0 Å². The number of guanidine groups is 1. The van der Waals surface area contributed by atoms with Gasteiger partial charge in [-0.05, 0) is 37.3 Å². The van der Waals surface area contributed by atoms with Crippen molar-refractivity contribution in [3.05, 3.63) is 24.5 Å². The number of nitrogens with zero attached hydrogens (tertiary/aromatic N) is 2. The van der Waals surface area contributed by atoms with Gasteiger partial charge < -0.3 is 24.8 Å². The minimum Gasteiger partial charge on any atom is -0.490 e. The summed E-state index contributed by atoms with van der Waals surface area (Å²) in [5.41, 5.74) is 0. The third kappa shape index (κ3) is 10.1. The summed E-state index contributed by atoms with van der Waals surface area (Å²) in [5, 5.41) is 6.50. The van der Waals surface area contributed by atoms with E-state index >= 15 is 0 Å². The molecule has 2 heterocycles. The highest BCUT2D eigenvalue weighted by molar-refractivity contribution is 14.0. The molecule has 0 amide bonds. The van der Waals surface area contributed by atoms with Crippen LogP contribution in [0.15, 0.2) is 29.5 Å². The molecule has 0 radical (unpaired) electrons. The molecule has 1 saturated heterocycles. The summed E-state index contributed by atoms with van der Waals surface area (Å²) in [6.45, 7) is 5.43.